The molecule has 2 amide bonds. The molecule has 0 bridgehead atoms. The Morgan fingerprint density at radius 2 is 1.58 bits per heavy atom. The van der Waals surface area contributed by atoms with Crippen molar-refractivity contribution in [3.63, 3.8) is 0 Å². The van der Waals surface area contributed by atoms with E-state index >= 15 is 0 Å². The van der Waals surface area contributed by atoms with Crippen molar-refractivity contribution in [1.29, 1.82) is 0 Å². The summed E-state index contributed by atoms with van der Waals surface area (Å²) in [5, 5.41) is 0. The maximum Gasteiger partial charge on any atom is 0.282 e. The van der Waals surface area contributed by atoms with Crippen molar-refractivity contribution >= 4 is 23.1 Å². The lowest BCUT2D eigenvalue weighted by Crippen LogP contribution is -2.47. The monoisotopic (exact) mass is 419 g/mol. The summed E-state index contributed by atoms with van der Waals surface area (Å²) in [6.45, 7) is 10.2. The van der Waals surface area contributed by atoms with E-state index < -0.39 is 0 Å². The smallest absolute Gasteiger partial charge is 0.282 e. The Hall–Kier alpha value is -3.12. The molecule has 4 rings (SSSR count). The minimum Gasteiger partial charge on any atom is -0.497 e. The summed E-state index contributed by atoms with van der Waals surface area (Å²) in [7, 11) is 1.61. The Kier molecular flexibility index (Phi) is 5.83. The summed E-state index contributed by atoms with van der Waals surface area (Å²) in [5.74, 6) is 0.205. The van der Waals surface area contributed by atoms with Crippen LogP contribution in [0, 0.1) is 13.8 Å². The summed E-state index contributed by atoms with van der Waals surface area (Å²) in [5.41, 5.74) is 4.28. The number of nitrogens with zero attached hydrogens (tertiary/aromatic N) is 3. The van der Waals surface area contributed by atoms with E-state index in [1.807, 2.05) is 56.3 Å². The lowest BCUT2D eigenvalue weighted by Gasteiger charge is -2.36. The van der Waals surface area contributed by atoms with Crippen molar-refractivity contribution < 1.29 is 14.3 Å². The van der Waals surface area contributed by atoms with E-state index in [0.29, 0.717) is 22.7 Å². The van der Waals surface area contributed by atoms with Gasteiger partial charge in [0.25, 0.3) is 11.8 Å². The van der Waals surface area contributed by atoms with E-state index in [2.05, 4.69) is 16.7 Å². The second kappa shape index (κ2) is 8.55. The average molecular weight is 420 g/mol. The topological polar surface area (TPSA) is 53.1 Å². The maximum absolute atomic E-state index is 13.7. The number of rotatable bonds is 5. The molecule has 2 heterocycles. The van der Waals surface area contributed by atoms with E-state index in [1.54, 1.807) is 7.11 Å². The van der Waals surface area contributed by atoms with Gasteiger partial charge in [-0.3, -0.25) is 9.59 Å². The molecule has 2 aliphatic heterocycles. The highest BCUT2D eigenvalue weighted by Crippen LogP contribution is 2.37. The molecule has 6 heteroatoms. The molecule has 0 spiro atoms. The minimum absolute atomic E-state index is 0.241. The van der Waals surface area contributed by atoms with Crippen molar-refractivity contribution in [2.75, 3.05) is 44.7 Å². The van der Waals surface area contributed by atoms with Gasteiger partial charge in [-0.2, -0.15) is 0 Å². The van der Waals surface area contributed by atoms with Crippen molar-refractivity contribution in [2.45, 2.75) is 20.8 Å². The fraction of sp³-hybridized carbons (Fsp3) is 0.360. The van der Waals surface area contributed by atoms with E-state index in [4.69, 9.17) is 4.74 Å². The number of anilines is 1. The normalized spacial score (nSPS) is 17.7. The lowest BCUT2D eigenvalue weighted by atomic mass is 10.0. The number of ether oxygens (including phenoxy) is 1. The third-order valence-electron chi connectivity index (χ3n) is 6.18. The number of methoxy groups -OCH3 is 1. The molecule has 0 saturated carbocycles. The Morgan fingerprint density at radius 3 is 2.19 bits per heavy atom. The zero-order valence-corrected chi connectivity index (χ0v) is 18.6. The SMILES string of the molecule is CCN1CCN(C2=C(c3ccc(OC)cc3)C(=O)N(c3cc(C)ccc3C)C2=O)CC1. The number of piperazine rings is 1. The van der Waals surface area contributed by atoms with Crippen LogP contribution in [0.2, 0.25) is 0 Å². The second-order valence-corrected chi connectivity index (χ2v) is 8.11. The highest BCUT2D eigenvalue weighted by atomic mass is 16.5. The van der Waals surface area contributed by atoms with Crippen LogP contribution in [0.5, 0.6) is 5.75 Å². The first-order chi connectivity index (χ1) is 14.9. The second-order valence-electron chi connectivity index (χ2n) is 8.11. The minimum atomic E-state index is -0.267. The molecule has 1 saturated heterocycles. The first-order valence-corrected chi connectivity index (χ1v) is 10.8. The van der Waals surface area contributed by atoms with Gasteiger partial charge in [-0.25, -0.2) is 4.90 Å². The lowest BCUT2D eigenvalue weighted by molar-refractivity contribution is -0.120. The van der Waals surface area contributed by atoms with Gasteiger partial charge in [0.1, 0.15) is 11.4 Å². The van der Waals surface area contributed by atoms with Gasteiger partial charge >= 0.3 is 0 Å². The molecule has 0 unspecified atom stereocenters. The van der Waals surface area contributed by atoms with Crippen LogP contribution in [-0.4, -0.2) is 61.4 Å². The molecule has 0 aliphatic carbocycles. The summed E-state index contributed by atoms with van der Waals surface area (Å²) >= 11 is 0. The molecule has 0 radical (unpaired) electrons. The Labute approximate surface area is 183 Å². The van der Waals surface area contributed by atoms with Crippen LogP contribution in [0.15, 0.2) is 48.2 Å². The van der Waals surface area contributed by atoms with Gasteiger partial charge in [0, 0.05) is 26.2 Å². The number of hydrogen-bond donors (Lipinski definition) is 0. The third kappa shape index (κ3) is 3.83. The van der Waals surface area contributed by atoms with Crippen LogP contribution in [0.25, 0.3) is 5.57 Å². The Balaban J connectivity index is 1.80. The predicted molar refractivity (Wildman–Crippen MR) is 122 cm³/mol. The Bertz CT molecular complexity index is 1030. The van der Waals surface area contributed by atoms with E-state index in [-0.39, 0.29) is 11.8 Å². The molecule has 162 valence electrons. The number of hydrogen-bond acceptors (Lipinski definition) is 5. The molecule has 2 aromatic rings. The zero-order valence-electron chi connectivity index (χ0n) is 18.6. The molecule has 0 atom stereocenters. The number of carbonyl (C=O) groups is 2. The summed E-state index contributed by atoms with van der Waals surface area (Å²) in [4.78, 5) is 33.2. The number of benzene rings is 2. The van der Waals surface area contributed by atoms with E-state index in [9.17, 15) is 9.59 Å². The number of likely N-dealkylation sites (N-methyl/N-ethyl adjacent to an activating group) is 1. The Morgan fingerprint density at radius 1 is 0.903 bits per heavy atom. The van der Waals surface area contributed by atoms with Crippen molar-refractivity contribution in [1.82, 2.24) is 9.80 Å². The molecule has 2 aliphatic rings. The molecular formula is C25H29N3O3. The number of carbonyl (C=O) groups excluding carboxylic acids is 2. The van der Waals surface area contributed by atoms with Crippen LogP contribution >= 0.6 is 0 Å². The van der Waals surface area contributed by atoms with Crippen LogP contribution in [-0.2, 0) is 9.59 Å². The quantitative estimate of drug-likeness (QED) is 0.697. The number of imide groups is 1. The summed E-state index contributed by atoms with van der Waals surface area (Å²) in [6.07, 6.45) is 0. The van der Waals surface area contributed by atoms with Crippen molar-refractivity contribution in [3.8, 4) is 5.75 Å². The van der Waals surface area contributed by atoms with Gasteiger partial charge in [0.05, 0.1) is 18.4 Å². The molecular weight excluding hydrogens is 390 g/mol. The van der Waals surface area contributed by atoms with Crippen molar-refractivity contribution in [3.05, 3.63) is 64.9 Å². The molecule has 2 aromatic carbocycles. The first kappa shape index (κ1) is 21.1. The third-order valence-corrected chi connectivity index (χ3v) is 6.18. The average Bonchev–Trinajstić information content (AvgIpc) is 3.05. The molecule has 6 nitrogen and oxygen atoms in total. The molecule has 0 aromatic heterocycles. The largest absolute Gasteiger partial charge is 0.497 e. The zero-order chi connectivity index (χ0) is 22.1. The highest BCUT2D eigenvalue weighted by molar-refractivity contribution is 6.45. The summed E-state index contributed by atoms with van der Waals surface area (Å²) in [6, 6.07) is 13.2. The van der Waals surface area contributed by atoms with Gasteiger partial charge in [-0.1, -0.05) is 31.2 Å². The number of aryl methyl sites for hydroxylation is 2. The van der Waals surface area contributed by atoms with Gasteiger partial charge in [-0.05, 0) is 55.3 Å². The molecule has 0 N–H and O–H groups in total. The standard InChI is InChI=1S/C25H29N3O3/c1-5-26-12-14-27(15-13-26)23-22(19-8-10-20(31-4)11-9-19)24(29)28(25(23)30)21-16-17(2)6-7-18(21)3/h6-11,16H,5,12-15H2,1-4H3. The molecule has 31 heavy (non-hydrogen) atoms. The fourth-order valence-corrected chi connectivity index (χ4v) is 4.30. The van der Waals surface area contributed by atoms with E-state index in [1.165, 1.54) is 4.90 Å². The number of amides is 2. The van der Waals surface area contributed by atoms with Gasteiger partial charge in [-0.15, -0.1) is 0 Å². The van der Waals surface area contributed by atoms with Crippen LogP contribution < -0.4 is 9.64 Å². The van der Waals surface area contributed by atoms with Gasteiger partial charge in [0.2, 0.25) is 0 Å². The highest BCUT2D eigenvalue weighted by Gasteiger charge is 2.43. The summed E-state index contributed by atoms with van der Waals surface area (Å²) < 4.78 is 5.27. The van der Waals surface area contributed by atoms with Crippen LogP contribution in [0.3, 0.4) is 0 Å². The maximum atomic E-state index is 13.7. The van der Waals surface area contributed by atoms with Crippen molar-refractivity contribution in [2.24, 2.45) is 0 Å². The van der Waals surface area contributed by atoms with Gasteiger partial charge < -0.3 is 14.5 Å². The van der Waals surface area contributed by atoms with Crippen LogP contribution in [0.1, 0.15) is 23.6 Å². The fourth-order valence-electron chi connectivity index (χ4n) is 4.30. The molecule has 1 fully saturated rings. The van der Waals surface area contributed by atoms with Gasteiger partial charge in [0.15, 0.2) is 0 Å². The van der Waals surface area contributed by atoms with Crippen LogP contribution in [0.4, 0.5) is 5.69 Å². The predicted octanol–water partition coefficient (Wildman–Crippen LogP) is 3.23. The first-order valence-electron chi connectivity index (χ1n) is 10.8. The van der Waals surface area contributed by atoms with E-state index in [0.717, 1.165) is 49.4 Å².